The fraction of sp³-hybridized carbons (Fsp3) is 0.143. The maximum atomic E-state index is 10.5. The Morgan fingerprint density at radius 3 is 2.60 bits per heavy atom. The normalized spacial score (nSPS) is 9.70. The first kappa shape index (κ1) is 7.49. The summed E-state index contributed by atoms with van der Waals surface area (Å²) in [4.78, 5) is 0. The monoisotopic (exact) mass is 198 g/mol. The van der Waals surface area contributed by atoms with Gasteiger partial charge in [-0.15, -0.1) is 0 Å². The van der Waals surface area contributed by atoms with Crippen LogP contribution in [0.1, 0.15) is 0 Å². The summed E-state index contributed by atoms with van der Waals surface area (Å²) in [5, 5.41) is 0. The fourth-order valence-electron chi connectivity index (χ4n) is 0.705. The van der Waals surface area contributed by atoms with Gasteiger partial charge in [-0.05, 0) is 0 Å². The minimum atomic E-state index is -0.964. The standard InChI is InChI=1S/C7H7AsO2/c1-10-7-5-3-2-4-6(7)8-9/h2-5H,1H3. The molecule has 0 aliphatic rings. The van der Waals surface area contributed by atoms with Crippen molar-refractivity contribution in [1.82, 2.24) is 0 Å². The molecule has 1 aromatic rings. The minimum absolute atomic E-state index is 0.720. The van der Waals surface area contributed by atoms with Gasteiger partial charge in [0.05, 0.1) is 0 Å². The van der Waals surface area contributed by atoms with Crippen LogP contribution in [0.5, 0.6) is 5.75 Å². The Balaban J connectivity index is 3.08. The molecular weight excluding hydrogens is 191 g/mol. The summed E-state index contributed by atoms with van der Waals surface area (Å²) < 4.78 is 16.3. The number of ether oxygens (including phenoxy) is 1. The van der Waals surface area contributed by atoms with Gasteiger partial charge in [-0.3, -0.25) is 0 Å². The van der Waals surface area contributed by atoms with E-state index in [2.05, 4.69) is 0 Å². The molecule has 0 atom stereocenters. The van der Waals surface area contributed by atoms with Crippen LogP contribution >= 0.6 is 0 Å². The molecule has 3 heteroatoms. The van der Waals surface area contributed by atoms with Crippen molar-refractivity contribution in [1.29, 1.82) is 0 Å². The van der Waals surface area contributed by atoms with E-state index in [4.69, 9.17) is 4.74 Å². The van der Waals surface area contributed by atoms with Crippen molar-refractivity contribution in [3.8, 4) is 5.75 Å². The van der Waals surface area contributed by atoms with Gasteiger partial charge < -0.3 is 0 Å². The van der Waals surface area contributed by atoms with Gasteiger partial charge in [0.15, 0.2) is 0 Å². The van der Waals surface area contributed by atoms with E-state index in [1.807, 2.05) is 24.3 Å². The fourth-order valence-corrected chi connectivity index (χ4v) is 1.55. The molecule has 0 heterocycles. The summed E-state index contributed by atoms with van der Waals surface area (Å²) in [6, 6.07) is 7.33. The van der Waals surface area contributed by atoms with Crippen molar-refractivity contribution < 1.29 is 8.48 Å². The first-order valence-corrected chi connectivity index (χ1v) is 4.55. The molecule has 0 fully saturated rings. The van der Waals surface area contributed by atoms with Crippen molar-refractivity contribution in [2.45, 2.75) is 0 Å². The third-order valence-corrected chi connectivity index (χ3v) is 2.37. The Morgan fingerprint density at radius 1 is 1.40 bits per heavy atom. The summed E-state index contributed by atoms with van der Waals surface area (Å²) in [5.74, 6) is 0.720. The van der Waals surface area contributed by atoms with Gasteiger partial charge in [-0.1, -0.05) is 0 Å². The molecule has 0 spiro atoms. The molecule has 0 saturated heterocycles. The SMILES string of the molecule is COc1ccccc1[As]=O. The number of rotatable bonds is 2. The van der Waals surface area contributed by atoms with Gasteiger partial charge in [-0.25, -0.2) is 0 Å². The third kappa shape index (κ3) is 1.45. The Labute approximate surface area is 66.1 Å². The molecule has 0 bridgehead atoms. The summed E-state index contributed by atoms with van der Waals surface area (Å²) in [6.07, 6.45) is 0. The molecule has 10 heavy (non-hydrogen) atoms. The Hall–Kier alpha value is -0.622. The number of hydrogen-bond acceptors (Lipinski definition) is 2. The number of benzene rings is 1. The van der Waals surface area contributed by atoms with Gasteiger partial charge >= 0.3 is 65.6 Å². The zero-order valence-corrected chi connectivity index (χ0v) is 7.45. The van der Waals surface area contributed by atoms with Gasteiger partial charge in [0.1, 0.15) is 0 Å². The van der Waals surface area contributed by atoms with Gasteiger partial charge in [-0.2, -0.15) is 0 Å². The summed E-state index contributed by atoms with van der Waals surface area (Å²) in [6.45, 7) is 0. The van der Waals surface area contributed by atoms with Crippen LogP contribution in [-0.4, -0.2) is 22.8 Å². The molecule has 1 rings (SSSR count). The zero-order valence-electron chi connectivity index (χ0n) is 5.57. The second-order valence-corrected chi connectivity index (χ2v) is 3.16. The first-order valence-electron chi connectivity index (χ1n) is 2.85. The molecule has 0 aliphatic carbocycles. The molecule has 0 N–H and O–H groups in total. The average Bonchev–Trinajstić information content (AvgIpc) is 2.04. The number of para-hydroxylation sites is 1. The molecule has 0 unspecified atom stereocenters. The molecule has 52 valence electrons. The molecule has 0 aromatic heterocycles. The molecule has 1 aromatic carbocycles. The van der Waals surface area contributed by atoms with E-state index >= 15 is 0 Å². The quantitative estimate of drug-likeness (QED) is 0.641. The molecule has 2 nitrogen and oxygen atoms in total. The Kier molecular flexibility index (Phi) is 2.64. The van der Waals surface area contributed by atoms with Crippen LogP contribution in [0.25, 0.3) is 0 Å². The van der Waals surface area contributed by atoms with E-state index in [0.717, 1.165) is 10.1 Å². The van der Waals surface area contributed by atoms with Gasteiger partial charge in [0, 0.05) is 0 Å². The summed E-state index contributed by atoms with van der Waals surface area (Å²) in [5.41, 5.74) is 0. The number of methoxy groups -OCH3 is 1. The van der Waals surface area contributed by atoms with Crippen LogP contribution in [0.15, 0.2) is 24.3 Å². The predicted octanol–water partition coefficient (Wildman–Crippen LogP) is 0.370. The second-order valence-electron chi connectivity index (χ2n) is 1.76. The Morgan fingerprint density at radius 2 is 2.10 bits per heavy atom. The van der Waals surface area contributed by atoms with Crippen molar-refractivity contribution in [2.24, 2.45) is 0 Å². The van der Waals surface area contributed by atoms with Crippen LogP contribution in [0, 0.1) is 0 Å². The van der Waals surface area contributed by atoms with Crippen molar-refractivity contribution >= 4 is 20.0 Å². The topological polar surface area (TPSA) is 26.3 Å². The van der Waals surface area contributed by atoms with Crippen LogP contribution < -0.4 is 9.09 Å². The van der Waals surface area contributed by atoms with E-state index < -0.39 is 15.7 Å². The van der Waals surface area contributed by atoms with E-state index in [1.165, 1.54) is 0 Å². The molecule has 0 amide bonds. The van der Waals surface area contributed by atoms with E-state index in [9.17, 15) is 3.74 Å². The van der Waals surface area contributed by atoms with Gasteiger partial charge in [0.25, 0.3) is 0 Å². The second kappa shape index (κ2) is 3.52. The van der Waals surface area contributed by atoms with Crippen LogP contribution in [0.4, 0.5) is 0 Å². The summed E-state index contributed by atoms with van der Waals surface area (Å²) in [7, 11) is 1.58. The van der Waals surface area contributed by atoms with E-state index in [-0.39, 0.29) is 0 Å². The van der Waals surface area contributed by atoms with E-state index in [0.29, 0.717) is 0 Å². The third-order valence-electron chi connectivity index (χ3n) is 1.18. The zero-order chi connectivity index (χ0) is 7.40. The molecule has 0 radical (unpaired) electrons. The molecule has 0 aliphatic heterocycles. The summed E-state index contributed by atoms with van der Waals surface area (Å²) >= 11 is -0.964. The first-order chi connectivity index (χ1) is 4.88. The van der Waals surface area contributed by atoms with Crippen LogP contribution in [0.2, 0.25) is 0 Å². The van der Waals surface area contributed by atoms with Crippen LogP contribution in [0.3, 0.4) is 0 Å². The predicted molar refractivity (Wildman–Crippen MR) is 39.1 cm³/mol. The Bertz CT molecular complexity index is 235. The number of hydrogen-bond donors (Lipinski definition) is 0. The van der Waals surface area contributed by atoms with Crippen molar-refractivity contribution in [3.63, 3.8) is 0 Å². The van der Waals surface area contributed by atoms with Gasteiger partial charge in [0.2, 0.25) is 0 Å². The van der Waals surface area contributed by atoms with E-state index in [1.54, 1.807) is 7.11 Å². The average molecular weight is 198 g/mol. The van der Waals surface area contributed by atoms with Crippen molar-refractivity contribution in [2.75, 3.05) is 7.11 Å². The molecular formula is C7H7AsO2. The van der Waals surface area contributed by atoms with Crippen LogP contribution in [-0.2, 0) is 3.74 Å². The van der Waals surface area contributed by atoms with Crippen molar-refractivity contribution in [3.05, 3.63) is 24.3 Å². The molecule has 0 saturated carbocycles. The maximum absolute atomic E-state index is 10.5.